The molecule has 0 atom stereocenters. The van der Waals surface area contributed by atoms with E-state index in [0.29, 0.717) is 43.8 Å². The largest absolute Gasteiger partial charge is 0.450 e. The summed E-state index contributed by atoms with van der Waals surface area (Å²) < 4.78 is 4.98. The SMILES string of the molecule is CCOC(=O)N1CCC(NC(=O)CN(C(C)=O)c2ccc(C#N)cc2)CC1. The molecule has 3 amide bonds. The minimum absolute atomic E-state index is 0.0436. The summed E-state index contributed by atoms with van der Waals surface area (Å²) in [6.45, 7) is 4.44. The van der Waals surface area contributed by atoms with Gasteiger partial charge in [-0.2, -0.15) is 5.26 Å². The van der Waals surface area contributed by atoms with Crippen molar-refractivity contribution in [2.75, 3.05) is 31.1 Å². The van der Waals surface area contributed by atoms with Gasteiger partial charge in [-0.05, 0) is 44.0 Å². The zero-order valence-electron chi connectivity index (χ0n) is 15.6. The first-order valence-electron chi connectivity index (χ1n) is 8.94. The molecule has 1 aliphatic heterocycles. The number of piperidine rings is 1. The maximum atomic E-state index is 12.4. The minimum Gasteiger partial charge on any atom is -0.450 e. The third kappa shape index (κ3) is 5.71. The monoisotopic (exact) mass is 372 g/mol. The quantitative estimate of drug-likeness (QED) is 0.846. The van der Waals surface area contributed by atoms with Crippen molar-refractivity contribution in [2.45, 2.75) is 32.7 Å². The van der Waals surface area contributed by atoms with Gasteiger partial charge in [-0.3, -0.25) is 9.59 Å². The lowest BCUT2D eigenvalue weighted by Gasteiger charge is -2.32. The first kappa shape index (κ1) is 20.2. The van der Waals surface area contributed by atoms with Gasteiger partial charge in [0.1, 0.15) is 6.54 Å². The Kier molecular flexibility index (Phi) is 7.17. The fourth-order valence-electron chi connectivity index (χ4n) is 2.94. The molecule has 1 heterocycles. The third-order valence-electron chi connectivity index (χ3n) is 4.38. The Hall–Kier alpha value is -3.08. The van der Waals surface area contributed by atoms with Gasteiger partial charge in [-0.15, -0.1) is 0 Å². The van der Waals surface area contributed by atoms with Gasteiger partial charge < -0.3 is 19.9 Å². The molecule has 1 aromatic carbocycles. The maximum Gasteiger partial charge on any atom is 0.409 e. The molecule has 0 aromatic heterocycles. The van der Waals surface area contributed by atoms with Crippen molar-refractivity contribution in [3.8, 4) is 6.07 Å². The summed E-state index contributed by atoms with van der Waals surface area (Å²) in [5.74, 6) is -0.517. The molecule has 1 N–H and O–H groups in total. The number of carbonyl (C=O) groups is 3. The lowest BCUT2D eigenvalue weighted by atomic mass is 10.1. The van der Waals surface area contributed by atoms with Gasteiger partial charge in [0, 0.05) is 31.7 Å². The van der Waals surface area contributed by atoms with Crippen molar-refractivity contribution in [1.29, 1.82) is 5.26 Å². The van der Waals surface area contributed by atoms with E-state index in [-0.39, 0.29) is 30.5 Å². The highest BCUT2D eigenvalue weighted by molar-refractivity contribution is 5.97. The van der Waals surface area contributed by atoms with Gasteiger partial charge in [-0.25, -0.2) is 4.79 Å². The average Bonchev–Trinajstić information content (AvgIpc) is 2.67. The molecule has 1 fully saturated rings. The van der Waals surface area contributed by atoms with Crippen LogP contribution in [0.25, 0.3) is 0 Å². The van der Waals surface area contributed by atoms with E-state index in [1.54, 1.807) is 36.1 Å². The summed E-state index contributed by atoms with van der Waals surface area (Å²) >= 11 is 0. The van der Waals surface area contributed by atoms with Crippen LogP contribution in [0.1, 0.15) is 32.3 Å². The smallest absolute Gasteiger partial charge is 0.409 e. The van der Waals surface area contributed by atoms with Crippen LogP contribution in [0, 0.1) is 11.3 Å². The third-order valence-corrected chi connectivity index (χ3v) is 4.38. The van der Waals surface area contributed by atoms with E-state index in [2.05, 4.69) is 5.32 Å². The zero-order chi connectivity index (χ0) is 19.8. The average molecular weight is 372 g/mol. The molecule has 0 unspecified atom stereocenters. The fraction of sp³-hybridized carbons (Fsp3) is 0.474. The van der Waals surface area contributed by atoms with Crippen LogP contribution in [0.15, 0.2) is 24.3 Å². The van der Waals surface area contributed by atoms with Crippen LogP contribution in [0.3, 0.4) is 0 Å². The van der Waals surface area contributed by atoms with Crippen molar-refractivity contribution < 1.29 is 19.1 Å². The predicted molar refractivity (Wildman–Crippen MR) is 98.9 cm³/mol. The minimum atomic E-state index is -0.328. The molecule has 1 aliphatic rings. The van der Waals surface area contributed by atoms with Gasteiger partial charge in [0.15, 0.2) is 0 Å². The Balaban J connectivity index is 1.88. The second kappa shape index (κ2) is 9.57. The normalized spacial score (nSPS) is 14.2. The van der Waals surface area contributed by atoms with Crippen LogP contribution < -0.4 is 10.2 Å². The predicted octanol–water partition coefficient (Wildman–Crippen LogP) is 1.65. The van der Waals surface area contributed by atoms with E-state index < -0.39 is 0 Å². The first-order chi connectivity index (χ1) is 12.9. The lowest BCUT2D eigenvalue weighted by Crippen LogP contribution is -2.49. The van der Waals surface area contributed by atoms with Crippen LogP contribution in [0.5, 0.6) is 0 Å². The maximum absolute atomic E-state index is 12.4. The number of hydrogen-bond donors (Lipinski definition) is 1. The standard InChI is InChI=1S/C19H24N4O4/c1-3-27-19(26)22-10-8-16(9-11-22)21-18(25)13-23(14(2)24)17-6-4-15(12-20)5-7-17/h4-7,16H,3,8-11,13H2,1-2H3,(H,21,25). The number of nitrogens with one attached hydrogen (secondary N) is 1. The topological polar surface area (TPSA) is 103 Å². The molecule has 0 bridgehead atoms. The second-order valence-electron chi connectivity index (χ2n) is 6.29. The lowest BCUT2D eigenvalue weighted by molar-refractivity contribution is -0.123. The molecule has 8 nitrogen and oxygen atoms in total. The second-order valence-corrected chi connectivity index (χ2v) is 6.29. The Morgan fingerprint density at radius 2 is 1.89 bits per heavy atom. The molecule has 8 heteroatoms. The van der Waals surface area contributed by atoms with E-state index in [4.69, 9.17) is 10.00 Å². The fourth-order valence-corrected chi connectivity index (χ4v) is 2.94. The van der Waals surface area contributed by atoms with E-state index >= 15 is 0 Å². The highest BCUT2D eigenvalue weighted by Gasteiger charge is 2.25. The van der Waals surface area contributed by atoms with E-state index in [1.165, 1.54) is 11.8 Å². The van der Waals surface area contributed by atoms with Crippen molar-refractivity contribution in [3.63, 3.8) is 0 Å². The molecule has 2 rings (SSSR count). The van der Waals surface area contributed by atoms with E-state index in [0.717, 1.165) is 0 Å². The Morgan fingerprint density at radius 1 is 1.26 bits per heavy atom. The van der Waals surface area contributed by atoms with Gasteiger partial charge in [0.25, 0.3) is 0 Å². The molecule has 144 valence electrons. The number of carbonyl (C=O) groups excluding carboxylic acids is 3. The van der Waals surface area contributed by atoms with Crippen molar-refractivity contribution in [3.05, 3.63) is 29.8 Å². The molecular weight excluding hydrogens is 348 g/mol. The van der Waals surface area contributed by atoms with Gasteiger partial charge >= 0.3 is 6.09 Å². The summed E-state index contributed by atoms with van der Waals surface area (Å²) in [6.07, 6.45) is 0.953. The highest BCUT2D eigenvalue weighted by Crippen LogP contribution is 2.16. The molecule has 0 aliphatic carbocycles. The van der Waals surface area contributed by atoms with Crippen molar-refractivity contribution in [1.82, 2.24) is 10.2 Å². The number of amides is 3. The number of benzene rings is 1. The first-order valence-corrected chi connectivity index (χ1v) is 8.94. The molecule has 0 radical (unpaired) electrons. The number of likely N-dealkylation sites (tertiary alicyclic amines) is 1. The molecule has 27 heavy (non-hydrogen) atoms. The van der Waals surface area contributed by atoms with Crippen LogP contribution in [0.4, 0.5) is 10.5 Å². The van der Waals surface area contributed by atoms with E-state index in [1.807, 2.05) is 6.07 Å². The van der Waals surface area contributed by atoms with Gasteiger partial charge in [0.2, 0.25) is 11.8 Å². The van der Waals surface area contributed by atoms with Crippen molar-refractivity contribution in [2.24, 2.45) is 0 Å². The zero-order valence-corrected chi connectivity index (χ0v) is 15.6. The Labute approximate surface area is 158 Å². The van der Waals surface area contributed by atoms with Gasteiger partial charge in [-0.1, -0.05) is 0 Å². The van der Waals surface area contributed by atoms with Crippen molar-refractivity contribution >= 4 is 23.6 Å². The molecule has 0 saturated carbocycles. The summed E-state index contributed by atoms with van der Waals surface area (Å²) in [4.78, 5) is 39.0. The number of nitrogens with zero attached hydrogens (tertiary/aromatic N) is 3. The summed E-state index contributed by atoms with van der Waals surface area (Å²) in [7, 11) is 0. The van der Waals surface area contributed by atoms with Crippen LogP contribution in [-0.2, 0) is 14.3 Å². The summed E-state index contributed by atoms with van der Waals surface area (Å²) in [5.41, 5.74) is 1.05. The highest BCUT2D eigenvalue weighted by atomic mass is 16.6. The van der Waals surface area contributed by atoms with Crippen LogP contribution >= 0.6 is 0 Å². The summed E-state index contributed by atoms with van der Waals surface area (Å²) in [6, 6.07) is 8.47. The molecular formula is C19H24N4O4. The molecule has 1 aromatic rings. The summed E-state index contributed by atoms with van der Waals surface area (Å²) in [5, 5.41) is 11.8. The number of anilines is 1. The number of ether oxygens (including phenoxy) is 1. The Bertz CT molecular complexity index is 718. The molecule has 0 spiro atoms. The number of rotatable bonds is 5. The number of nitriles is 1. The van der Waals surface area contributed by atoms with Crippen LogP contribution in [0.2, 0.25) is 0 Å². The Morgan fingerprint density at radius 3 is 2.41 bits per heavy atom. The van der Waals surface area contributed by atoms with Crippen LogP contribution in [-0.4, -0.2) is 55.1 Å². The van der Waals surface area contributed by atoms with Gasteiger partial charge in [0.05, 0.1) is 18.2 Å². The molecule has 1 saturated heterocycles. The van der Waals surface area contributed by atoms with E-state index in [9.17, 15) is 14.4 Å². The number of hydrogen-bond acceptors (Lipinski definition) is 5.